The lowest BCUT2D eigenvalue weighted by Crippen LogP contribution is -2.27. The molecule has 0 N–H and O–H groups in total. The summed E-state index contributed by atoms with van der Waals surface area (Å²) in [5.41, 5.74) is 7.15. The highest BCUT2D eigenvalue weighted by molar-refractivity contribution is 5.42. The van der Waals surface area contributed by atoms with Crippen molar-refractivity contribution in [3.8, 4) is 0 Å². The summed E-state index contributed by atoms with van der Waals surface area (Å²) in [6, 6.07) is 0. The molecule has 2 aliphatic carbocycles. The number of hydrogen-bond acceptors (Lipinski definition) is 0. The van der Waals surface area contributed by atoms with Gasteiger partial charge in [0.05, 0.1) is 0 Å². The summed E-state index contributed by atoms with van der Waals surface area (Å²) in [4.78, 5) is 0. The quantitative estimate of drug-likeness (QED) is 0.636. The lowest BCUT2D eigenvalue weighted by molar-refractivity contribution is 0.365. The van der Waals surface area contributed by atoms with Gasteiger partial charge in [-0.05, 0) is 83.3 Å². The van der Waals surface area contributed by atoms with E-state index >= 15 is 0 Å². The predicted octanol–water partition coefficient (Wildman–Crippen LogP) is 4.00. The van der Waals surface area contributed by atoms with Crippen LogP contribution in [0.5, 0.6) is 0 Å². The molecule has 2 aliphatic rings. The fourth-order valence-corrected chi connectivity index (χ4v) is 3.90. The molecular formula is C16H25N. The van der Waals surface area contributed by atoms with Gasteiger partial charge in [0.15, 0.2) is 0 Å². The fraction of sp³-hybridized carbons (Fsp3) is 0.750. The van der Waals surface area contributed by atoms with Crippen LogP contribution in [0.15, 0.2) is 0 Å². The van der Waals surface area contributed by atoms with E-state index in [1.165, 1.54) is 51.4 Å². The van der Waals surface area contributed by atoms with E-state index in [2.05, 4.69) is 25.3 Å². The number of rotatable bonds is 0. The number of aromatic nitrogens is 1. The third-order valence-electron chi connectivity index (χ3n) is 4.45. The van der Waals surface area contributed by atoms with Gasteiger partial charge in [0.25, 0.3) is 0 Å². The molecule has 3 rings (SSSR count). The summed E-state index contributed by atoms with van der Waals surface area (Å²) in [7, 11) is 0. The van der Waals surface area contributed by atoms with Gasteiger partial charge in [-0.15, -0.1) is 0 Å². The average Bonchev–Trinajstić information content (AvgIpc) is 2.63. The zero-order chi connectivity index (χ0) is 12.0. The minimum absolute atomic E-state index is 0.270. The maximum absolute atomic E-state index is 2.70. The Balaban J connectivity index is 2.22. The van der Waals surface area contributed by atoms with E-state index < -0.39 is 0 Å². The minimum atomic E-state index is 0.270. The molecule has 0 aliphatic heterocycles. The topological polar surface area (TPSA) is 4.93 Å². The monoisotopic (exact) mass is 231 g/mol. The Morgan fingerprint density at radius 2 is 1.12 bits per heavy atom. The Bertz CT molecular complexity index is 398. The van der Waals surface area contributed by atoms with Gasteiger partial charge in [0.2, 0.25) is 0 Å². The highest BCUT2D eigenvalue weighted by Gasteiger charge is 2.30. The summed E-state index contributed by atoms with van der Waals surface area (Å²) in [6.07, 6.45) is 10.9. The third-order valence-corrected chi connectivity index (χ3v) is 4.45. The first-order valence-electron chi connectivity index (χ1n) is 7.34. The SMILES string of the molecule is CC(C)(C)n1c2c(c3c1CCCC3)CCCC2. The molecule has 17 heavy (non-hydrogen) atoms. The Morgan fingerprint density at radius 1 is 0.706 bits per heavy atom. The molecule has 94 valence electrons. The molecule has 0 unspecified atom stereocenters. The summed E-state index contributed by atoms with van der Waals surface area (Å²) >= 11 is 0. The van der Waals surface area contributed by atoms with Gasteiger partial charge in [-0.3, -0.25) is 0 Å². The highest BCUT2D eigenvalue weighted by atomic mass is 15.1. The Hall–Kier alpha value is -0.720. The maximum atomic E-state index is 2.70. The van der Waals surface area contributed by atoms with Crippen molar-refractivity contribution in [1.29, 1.82) is 0 Å². The lowest BCUT2D eigenvalue weighted by atomic mass is 9.89. The first kappa shape index (κ1) is 11.4. The molecule has 0 spiro atoms. The summed E-state index contributed by atoms with van der Waals surface area (Å²) in [6.45, 7) is 7.12. The summed E-state index contributed by atoms with van der Waals surface area (Å²) < 4.78 is 2.70. The molecule has 0 aromatic carbocycles. The minimum Gasteiger partial charge on any atom is -0.343 e. The van der Waals surface area contributed by atoms with Crippen molar-refractivity contribution in [2.45, 2.75) is 77.7 Å². The highest BCUT2D eigenvalue weighted by Crippen LogP contribution is 2.37. The number of fused-ring (bicyclic) bond motifs is 3. The zero-order valence-electron chi connectivity index (χ0n) is 11.6. The van der Waals surface area contributed by atoms with Gasteiger partial charge >= 0.3 is 0 Å². The average molecular weight is 231 g/mol. The van der Waals surface area contributed by atoms with Crippen LogP contribution in [0.25, 0.3) is 0 Å². The molecule has 0 amide bonds. The van der Waals surface area contributed by atoms with Crippen LogP contribution < -0.4 is 0 Å². The number of nitrogens with zero attached hydrogens (tertiary/aromatic N) is 1. The second-order valence-corrected chi connectivity index (χ2v) is 6.77. The molecule has 1 nitrogen and oxygen atoms in total. The van der Waals surface area contributed by atoms with Crippen molar-refractivity contribution in [2.24, 2.45) is 0 Å². The van der Waals surface area contributed by atoms with Gasteiger partial charge in [0.1, 0.15) is 0 Å². The Labute approximate surface area is 105 Å². The van der Waals surface area contributed by atoms with Crippen LogP contribution in [-0.2, 0) is 31.2 Å². The fourth-order valence-electron chi connectivity index (χ4n) is 3.90. The van der Waals surface area contributed by atoms with Gasteiger partial charge < -0.3 is 4.57 Å². The molecule has 0 atom stereocenters. The Kier molecular flexibility index (Phi) is 2.61. The van der Waals surface area contributed by atoms with Crippen molar-refractivity contribution in [2.75, 3.05) is 0 Å². The molecule has 1 heteroatoms. The standard InChI is InChI=1S/C16H25N/c1-16(2,3)17-14-10-6-4-8-12(14)13-9-5-7-11-15(13)17/h4-11H2,1-3H3. The van der Waals surface area contributed by atoms with Crippen LogP contribution in [0.1, 0.15) is 69.0 Å². The summed E-state index contributed by atoms with van der Waals surface area (Å²) in [5.74, 6) is 0. The molecule has 0 saturated heterocycles. The summed E-state index contributed by atoms with van der Waals surface area (Å²) in [5, 5.41) is 0. The van der Waals surface area contributed by atoms with E-state index in [1.807, 2.05) is 0 Å². The zero-order valence-corrected chi connectivity index (χ0v) is 11.6. The van der Waals surface area contributed by atoms with Crippen LogP contribution in [0.2, 0.25) is 0 Å². The van der Waals surface area contributed by atoms with Crippen LogP contribution in [0.4, 0.5) is 0 Å². The Morgan fingerprint density at radius 3 is 1.53 bits per heavy atom. The van der Waals surface area contributed by atoms with Crippen molar-refractivity contribution < 1.29 is 0 Å². The van der Waals surface area contributed by atoms with Crippen molar-refractivity contribution in [3.63, 3.8) is 0 Å². The smallest absolute Gasteiger partial charge is 0.0361 e. The lowest BCUT2D eigenvalue weighted by Gasteiger charge is -2.29. The largest absolute Gasteiger partial charge is 0.343 e. The van der Waals surface area contributed by atoms with Crippen LogP contribution in [-0.4, -0.2) is 4.57 Å². The van der Waals surface area contributed by atoms with E-state index in [0.717, 1.165) is 0 Å². The van der Waals surface area contributed by atoms with Crippen LogP contribution in [0, 0.1) is 0 Å². The van der Waals surface area contributed by atoms with Crippen molar-refractivity contribution >= 4 is 0 Å². The maximum Gasteiger partial charge on any atom is 0.0361 e. The van der Waals surface area contributed by atoms with Crippen molar-refractivity contribution in [1.82, 2.24) is 4.57 Å². The second-order valence-electron chi connectivity index (χ2n) is 6.77. The first-order valence-corrected chi connectivity index (χ1v) is 7.34. The molecule has 0 radical (unpaired) electrons. The van der Waals surface area contributed by atoms with E-state index in [4.69, 9.17) is 0 Å². The predicted molar refractivity (Wildman–Crippen MR) is 72.7 cm³/mol. The van der Waals surface area contributed by atoms with E-state index in [9.17, 15) is 0 Å². The van der Waals surface area contributed by atoms with E-state index in [0.29, 0.717) is 0 Å². The molecule has 0 bridgehead atoms. The van der Waals surface area contributed by atoms with Crippen LogP contribution in [0.3, 0.4) is 0 Å². The van der Waals surface area contributed by atoms with Gasteiger partial charge in [-0.1, -0.05) is 0 Å². The third kappa shape index (κ3) is 1.75. The second kappa shape index (κ2) is 3.90. The van der Waals surface area contributed by atoms with Gasteiger partial charge in [-0.25, -0.2) is 0 Å². The van der Waals surface area contributed by atoms with Crippen LogP contribution >= 0.6 is 0 Å². The molecular weight excluding hydrogens is 206 g/mol. The van der Waals surface area contributed by atoms with Gasteiger partial charge in [-0.2, -0.15) is 0 Å². The molecule has 1 aromatic rings. The molecule has 0 saturated carbocycles. The number of hydrogen-bond donors (Lipinski definition) is 0. The first-order chi connectivity index (χ1) is 8.09. The van der Waals surface area contributed by atoms with E-state index in [1.54, 1.807) is 22.5 Å². The molecule has 1 heterocycles. The van der Waals surface area contributed by atoms with Gasteiger partial charge in [0, 0.05) is 16.9 Å². The molecule has 0 fully saturated rings. The van der Waals surface area contributed by atoms with Crippen molar-refractivity contribution in [3.05, 3.63) is 22.5 Å². The van der Waals surface area contributed by atoms with E-state index in [-0.39, 0.29) is 5.54 Å². The normalized spacial score (nSPS) is 19.9. The molecule has 1 aromatic heterocycles.